The molecule has 0 aromatic rings. The summed E-state index contributed by atoms with van der Waals surface area (Å²) >= 11 is 0. The molecular formula is C12H27NO. The van der Waals surface area contributed by atoms with Crippen molar-refractivity contribution in [2.45, 2.75) is 70.9 Å². The minimum atomic E-state index is 0.200. The van der Waals surface area contributed by atoms with Gasteiger partial charge in [0, 0.05) is 13.2 Å². The second kappa shape index (κ2) is 9.47. The molecule has 2 atom stereocenters. The summed E-state index contributed by atoms with van der Waals surface area (Å²) in [5.41, 5.74) is 5.94. The molecule has 2 unspecified atom stereocenters. The van der Waals surface area contributed by atoms with E-state index in [2.05, 4.69) is 6.92 Å². The van der Waals surface area contributed by atoms with Crippen molar-refractivity contribution in [2.75, 3.05) is 7.11 Å². The number of unbranched alkanes of at least 4 members (excludes halogenated alkanes) is 5. The van der Waals surface area contributed by atoms with E-state index in [-0.39, 0.29) is 12.1 Å². The van der Waals surface area contributed by atoms with E-state index < -0.39 is 0 Å². The summed E-state index contributed by atoms with van der Waals surface area (Å²) in [5, 5.41) is 0. The van der Waals surface area contributed by atoms with Crippen LogP contribution < -0.4 is 5.73 Å². The molecule has 2 nitrogen and oxygen atoms in total. The van der Waals surface area contributed by atoms with Gasteiger partial charge in [-0.05, 0) is 13.3 Å². The van der Waals surface area contributed by atoms with E-state index in [9.17, 15) is 0 Å². The molecule has 86 valence electrons. The van der Waals surface area contributed by atoms with Crippen LogP contribution in [0.5, 0.6) is 0 Å². The van der Waals surface area contributed by atoms with Gasteiger partial charge in [0.2, 0.25) is 0 Å². The van der Waals surface area contributed by atoms with Gasteiger partial charge < -0.3 is 10.5 Å². The second-order valence-electron chi connectivity index (χ2n) is 4.16. The fourth-order valence-corrected chi connectivity index (χ4v) is 1.57. The van der Waals surface area contributed by atoms with E-state index in [1.807, 2.05) is 6.92 Å². The highest BCUT2D eigenvalue weighted by molar-refractivity contribution is 4.68. The Morgan fingerprint density at radius 2 is 1.64 bits per heavy atom. The highest BCUT2D eigenvalue weighted by atomic mass is 16.5. The van der Waals surface area contributed by atoms with Crippen molar-refractivity contribution in [3.63, 3.8) is 0 Å². The van der Waals surface area contributed by atoms with E-state index in [4.69, 9.17) is 10.5 Å². The first kappa shape index (κ1) is 13.9. The highest BCUT2D eigenvalue weighted by Crippen LogP contribution is 2.10. The topological polar surface area (TPSA) is 35.2 Å². The minimum Gasteiger partial charge on any atom is -0.380 e. The zero-order valence-electron chi connectivity index (χ0n) is 10.1. The van der Waals surface area contributed by atoms with Gasteiger partial charge in [-0.15, -0.1) is 0 Å². The van der Waals surface area contributed by atoms with Gasteiger partial charge in [-0.2, -0.15) is 0 Å². The van der Waals surface area contributed by atoms with Gasteiger partial charge in [0.1, 0.15) is 0 Å². The van der Waals surface area contributed by atoms with Crippen molar-refractivity contribution < 1.29 is 4.74 Å². The quantitative estimate of drug-likeness (QED) is 0.582. The molecule has 0 fully saturated rings. The molecule has 0 amide bonds. The van der Waals surface area contributed by atoms with Crippen LogP contribution in [0.25, 0.3) is 0 Å². The van der Waals surface area contributed by atoms with Crippen LogP contribution in [-0.2, 0) is 4.74 Å². The number of nitrogens with two attached hydrogens (primary N) is 1. The van der Waals surface area contributed by atoms with E-state index in [0.29, 0.717) is 0 Å². The lowest BCUT2D eigenvalue weighted by molar-refractivity contribution is 0.0920. The summed E-state index contributed by atoms with van der Waals surface area (Å²) in [5.74, 6) is 0. The molecule has 14 heavy (non-hydrogen) atoms. The van der Waals surface area contributed by atoms with Crippen LogP contribution in [0.1, 0.15) is 58.8 Å². The summed E-state index contributed by atoms with van der Waals surface area (Å²) in [4.78, 5) is 0. The Hall–Kier alpha value is -0.0800. The number of hydrogen-bond donors (Lipinski definition) is 1. The SMILES string of the molecule is CCCCCCCCC(N)C(C)OC. The van der Waals surface area contributed by atoms with Gasteiger partial charge in [0.05, 0.1) is 6.10 Å². The normalized spacial score (nSPS) is 15.4. The molecule has 0 heterocycles. The summed E-state index contributed by atoms with van der Waals surface area (Å²) < 4.78 is 5.18. The molecule has 0 spiro atoms. The predicted molar refractivity (Wildman–Crippen MR) is 62.4 cm³/mol. The van der Waals surface area contributed by atoms with Crippen LogP contribution in [0.2, 0.25) is 0 Å². The molecule has 0 radical (unpaired) electrons. The van der Waals surface area contributed by atoms with Gasteiger partial charge in [-0.1, -0.05) is 45.4 Å². The Kier molecular flexibility index (Phi) is 9.42. The molecule has 0 saturated heterocycles. The molecule has 0 aromatic carbocycles. The molecule has 0 aromatic heterocycles. The summed E-state index contributed by atoms with van der Waals surface area (Å²) in [7, 11) is 1.73. The van der Waals surface area contributed by atoms with Crippen LogP contribution in [0.3, 0.4) is 0 Å². The van der Waals surface area contributed by atoms with Gasteiger partial charge in [-0.25, -0.2) is 0 Å². The number of methoxy groups -OCH3 is 1. The molecule has 0 bridgehead atoms. The molecule has 0 aliphatic carbocycles. The molecule has 2 N–H and O–H groups in total. The Morgan fingerprint density at radius 1 is 1.07 bits per heavy atom. The third-order valence-electron chi connectivity index (χ3n) is 2.87. The van der Waals surface area contributed by atoms with Crippen molar-refractivity contribution in [1.29, 1.82) is 0 Å². The average molecular weight is 201 g/mol. The predicted octanol–water partition coefficient (Wildman–Crippen LogP) is 3.10. The maximum atomic E-state index is 5.94. The Labute approximate surface area is 89.2 Å². The number of rotatable bonds is 9. The van der Waals surface area contributed by atoms with Crippen LogP contribution in [-0.4, -0.2) is 19.3 Å². The first-order valence-electron chi connectivity index (χ1n) is 6.00. The van der Waals surface area contributed by atoms with Crippen molar-refractivity contribution in [3.05, 3.63) is 0 Å². The first-order chi connectivity index (χ1) is 6.72. The largest absolute Gasteiger partial charge is 0.380 e. The Morgan fingerprint density at radius 3 is 2.21 bits per heavy atom. The van der Waals surface area contributed by atoms with E-state index in [1.165, 1.54) is 38.5 Å². The van der Waals surface area contributed by atoms with Gasteiger partial charge in [-0.3, -0.25) is 0 Å². The molecule has 0 rings (SSSR count). The lowest BCUT2D eigenvalue weighted by Gasteiger charge is -2.17. The smallest absolute Gasteiger partial charge is 0.0694 e. The van der Waals surface area contributed by atoms with Gasteiger partial charge in [0.15, 0.2) is 0 Å². The van der Waals surface area contributed by atoms with Crippen molar-refractivity contribution in [1.82, 2.24) is 0 Å². The first-order valence-corrected chi connectivity index (χ1v) is 6.00. The maximum absolute atomic E-state index is 5.94. The van der Waals surface area contributed by atoms with Crippen molar-refractivity contribution in [3.8, 4) is 0 Å². The minimum absolute atomic E-state index is 0.200. The van der Waals surface area contributed by atoms with E-state index >= 15 is 0 Å². The summed E-state index contributed by atoms with van der Waals surface area (Å²) in [6.45, 7) is 4.29. The molecule has 0 aliphatic heterocycles. The summed E-state index contributed by atoms with van der Waals surface area (Å²) in [6.07, 6.45) is 9.31. The zero-order chi connectivity index (χ0) is 10.8. The van der Waals surface area contributed by atoms with Crippen molar-refractivity contribution in [2.24, 2.45) is 5.73 Å². The molecule has 0 aliphatic rings. The highest BCUT2D eigenvalue weighted by Gasteiger charge is 2.10. The van der Waals surface area contributed by atoms with Crippen molar-refractivity contribution >= 4 is 0 Å². The van der Waals surface area contributed by atoms with Crippen LogP contribution in [0.15, 0.2) is 0 Å². The molecular weight excluding hydrogens is 174 g/mol. The standard InChI is InChI=1S/C12H27NO/c1-4-5-6-7-8-9-10-12(13)11(2)14-3/h11-12H,4-10,13H2,1-3H3. The van der Waals surface area contributed by atoms with Crippen LogP contribution in [0, 0.1) is 0 Å². The Balaban J connectivity index is 3.18. The third-order valence-corrected chi connectivity index (χ3v) is 2.87. The van der Waals surface area contributed by atoms with E-state index in [0.717, 1.165) is 6.42 Å². The van der Waals surface area contributed by atoms with Crippen LogP contribution >= 0.6 is 0 Å². The average Bonchev–Trinajstić information content (AvgIpc) is 2.21. The third kappa shape index (κ3) is 7.34. The fraction of sp³-hybridized carbons (Fsp3) is 1.00. The lowest BCUT2D eigenvalue weighted by Crippen LogP contribution is -2.33. The Bertz CT molecular complexity index is 117. The molecule has 0 saturated carbocycles. The lowest BCUT2D eigenvalue weighted by atomic mass is 10.0. The number of hydrogen-bond acceptors (Lipinski definition) is 2. The van der Waals surface area contributed by atoms with Gasteiger partial charge >= 0.3 is 0 Å². The summed E-state index contributed by atoms with van der Waals surface area (Å²) in [6, 6.07) is 0.214. The number of ether oxygens (including phenoxy) is 1. The second-order valence-corrected chi connectivity index (χ2v) is 4.16. The van der Waals surface area contributed by atoms with Crippen LogP contribution in [0.4, 0.5) is 0 Å². The monoisotopic (exact) mass is 201 g/mol. The zero-order valence-corrected chi connectivity index (χ0v) is 10.1. The fourth-order valence-electron chi connectivity index (χ4n) is 1.57. The molecule has 2 heteroatoms. The maximum Gasteiger partial charge on any atom is 0.0694 e. The van der Waals surface area contributed by atoms with Gasteiger partial charge in [0.25, 0.3) is 0 Å². The van der Waals surface area contributed by atoms with E-state index in [1.54, 1.807) is 7.11 Å².